The smallest absolute Gasteiger partial charge is 0.320 e. The molecule has 0 aliphatic carbocycles. The van der Waals surface area contributed by atoms with Gasteiger partial charge in [0.2, 0.25) is 0 Å². The van der Waals surface area contributed by atoms with E-state index in [0.29, 0.717) is 13.0 Å². The summed E-state index contributed by atoms with van der Waals surface area (Å²) in [5.41, 5.74) is 15.7. The van der Waals surface area contributed by atoms with Crippen LogP contribution in [0.25, 0.3) is 0 Å². The molecule has 10 nitrogen and oxygen atoms in total. The molecule has 10 N–H and O–H groups in total. The van der Waals surface area contributed by atoms with Gasteiger partial charge in [-0.05, 0) is 44.7 Å². The van der Waals surface area contributed by atoms with Crippen LogP contribution in [0.1, 0.15) is 52.4 Å². The summed E-state index contributed by atoms with van der Waals surface area (Å²) in [6.07, 6.45) is 4.76. The Balaban J connectivity index is 0. The van der Waals surface area contributed by atoms with Crippen LogP contribution in [0.4, 0.5) is 0 Å². The first-order valence-corrected chi connectivity index (χ1v) is 9.21. The van der Waals surface area contributed by atoms with Gasteiger partial charge in [0, 0.05) is 0 Å². The summed E-state index contributed by atoms with van der Waals surface area (Å²) in [7, 11) is 0. The SMILES string of the molecule is CCC(C)C(N)C(=O)O.NCCCCC(N)C(=O)O.O=C(O)[C@@H]1CCCN1. The zero-order valence-corrected chi connectivity index (χ0v) is 16.3. The third-order valence-corrected chi connectivity index (χ3v) is 4.19. The van der Waals surface area contributed by atoms with E-state index in [9.17, 15) is 14.4 Å². The molecule has 0 spiro atoms. The maximum absolute atomic E-state index is 10.2. The van der Waals surface area contributed by atoms with Gasteiger partial charge >= 0.3 is 17.9 Å². The molecule has 0 saturated carbocycles. The predicted molar refractivity (Wildman–Crippen MR) is 102 cm³/mol. The molecule has 1 aliphatic rings. The fraction of sp³-hybridized carbons (Fsp3) is 0.824. The lowest BCUT2D eigenvalue weighted by molar-refractivity contribution is -0.140. The van der Waals surface area contributed by atoms with Gasteiger partial charge in [-0.3, -0.25) is 14.4 Å². The van der Waals surface area contributed by atoms with Crippen LogP contribution >= 0.6 is 0 Å². The second-order valence-electron chi connectivity index (χ2n) is 6.47. The van der Waals surface area contributed by atoms with Crippen LogP contribution in [0, 0.1) is 5.92 Å². The molecule has 0 amide bonds. The molecule has 27 heavy (non-hydrogen) atoms. The summed E-state index contributed by atoms with van der Waals surface area (Å²) in [5.74, 6) is -2.49. The van der Waals surface area contributed by atoms with E-state index in [1.54, 1.807) is 0 Å². The summed E-state index contributed by atoms with van der Waals surface area (Å²) in [6, 6.07) is -1.68. The highest BCUT2D eigenvalue weighted by Gasteiger charge is 2.20. The summed E-state index contributed by atoms with van der Waals surface area (Å²) in [4.78, 5) is 30.5. The maximum atomic E-state index is 10.2. The number of aliphatic carboxylic acids is 3. The molecule has 3 unspecified atom stereocenters. The first-order chi connectivity index (χ1) is 12.6. The molecular formula is C17H36N4O6. The number of hydrogen-bond acceptors (Lipinski definition) is 7. The molecule has 4 atom stereocenters. The van der Waals surface area contributed by atoms with E-state index >= 15 is 0 Å². The van der Waals surface area contributed by atoms with Gasteiger partial charge in [-0.1, -0.05) is 26.7 Å². The molecule has 1 rings (SSSR count). The third kappa shape index (κ3) is 15.0. The van der Waals surface area contributed by atoms with Gasteiger partial charge in [0.1, 0.15) is 18.1 Å². The highest BCUT2D eigenvalue weighted by Crippen LogP contribution is 2.04. The Labute approximate surface area is 160 Å². The number of nitrogens with two attached hydrogens (primary N) is 3. The molecule has 0 aromatic rings. The Bertz CT molecular complexity index is 430. The van der Waals surface area contributed by atoms with Crippen molar-refractivity contribution in [2.24, 2.45) is 23.1 Å². The second-order valence-corrected chi connectivity index (χ2v) is 6.47. The van der Waals surface area contributed by atoms with Crippen molar-refractivity contribution in [3.63, 3.8) is 0 Å². The van der Waals surface area contributed by atoms with Crippen molar-refractivity contribution in [2.45, 2.75) is 70.5 Å². The van der Waals surface area contributed by atoms with Crippen LogP contribution in [0.5, 0.6) is 0 Å². The van der Waals surface area contributed by atoms with Crippen LogP contribution in [0.15, 0.2) is 0 Å². The molecule has 10 heteroatoms. The van der Waals surface area contributed by atoms with Crippen molar-refractivity contribution < 1.29 is 29.7 Å². The monoisotopic (exact) mass is 392 g/mol. The first-order valence-electron chi connectivity index (χ1n) is 9.21. The van der Waals surface area contributed by atoms with Crippen LogP contribution < -0.4 is 22.5 Å². The predicted octanol–water partition coefficient (Wildman–Crippen LogP) is -0.205. The Morgan fingerprint density at radius 2 is 1.70 bits per heavy atom. The quantitative estimate of drug-likeness (QED) is 0.257. The van der Waals surface area contributed by atoms with E-state index < -0.39 is 30.0 Å². The van der Waals surface area contributed by atoms with E-state index in [1.807, 2.05) is 13.8 Å². The Morgan fingerprint density at radius 3 is 1.96 bits per heavy atom. The van der Waals surface area contributed by atoms with Gasteiger partial charge < -0.3 is 37.8 Å². The fourth-order valence-corrected chi connectivity index (χ4v) is 2.02. The minimum Gasteiger partial charge on any atom is -0.480 e. The van der Waals surface area contributed by atoms with Crippen molar-refractivity contribution in [1.29, 1.82) is 0 Å². The number of unbranched alkanes of at least 4 members (excludes halogenated alkanes) is 1. The first kappa shape index (κ1) is 27.5. The largest absolute Gasteiger partial charge is 0.480 e. The summed E-state index contributed by atoms with van der Waals surface area (Å²) in [5, 5.41) is 27.9. The van der Waals surface area contributed by atoms with Crippen molar-refractivity contribution in [3.8, 4) is 0 Å². The molecule has 1 fully saturated rings. The Hall–Kier alpha value is -1.75. The molecular weight excluding hydrogens is 356 g/mol. The molecule has 0 aromatic carbocycles. The van der Waals surface area contributed by atoms with Crippen molar-refractivity contribution in [3.05, 3.63) is 0 Å². The van der Waals surface area contributed by atoms with Gasteiger partial charge in [-0.25, -0.2) is 0 Å². The molecule has 0 radical (unpaired) electrons. The molecule has 1 aliphatic heterocycles. The van der Waals surface area contributed by atoms with E-state index in [-0.39, 0.29) is 12.0 Å². The number of hydrogen-bond donors (Lipinski definition) is 7. The van der Waals surface area contributed by atoms with Crippen LogP contribution in [0.3, 0.4) is 0 Å². The van der Waals surface area contributed by atoms with Gasteiger partial charge in [-0.2, -0.15) is 0 Å². The zero-order valence-electron chi connectivity index (χ0n) is 16.3. The van der Waals surface area contributed by atoms with Gasteiger partial charge in [-0.15, -0.1) is 0 Å². The van der Waals surface area contributed by atoms with Crippen LogP contribution in [0.2, 0.25) is 0 Å². The number of carbonyl (C=O) groups is 3. The number of carboxylic acids is 3. The summed E-state index contributed by atoms with van der Waals surface area (Å²) in [6.45, 7) is 5.22. The highest BCUT2D eigenvalue weighted by molar-refractivity contribution is 5.74. The van der Waals surface area contributed by atoms with Gasteiger partial charge in [0.25, 0.3) is 0 Å². The summed E-state index contributed by atoms with van der Waals surface area (Å²) >= 11 is 0. The number of nitrogens with one attached hydrogen (secondary N) is 1. The van der Waals surface area contributed by atoms with Crippen LogP contribution in [-0.2, 0) is 14.4 Å². The minimum atomic E-state index is -0.933. The van der Waals surface area contributed by atoms with E-state index in [0.717, 1.165) is 38.6 Å². The molecule has 0 bridgehead atoms. The van der Waals surface area contributed by atoms with E-state index in [1.165, 1.54) is 0 Å². The van der Waals surface area contributed by atoms with E-state index in [4.69, 9.17) is 32.5 Å². The molecule has 1 saturated heterocycles. The third-order valence-electron chi connectivity index (χ3n) is 4.19. The zero-order chi connectivity index (χ0) is 21.4. The lowest BCUT2D eigenvalue weighted by Crippen LogP contribution is -2.36. The number of carboxylic acid groups (broad SMARTS) is 3. The average Bonchev–Trinajstić information content (AvgIpc) is 3.16. The lowest BCUT2D eigenvalue weighted by atomic mass is 10.0. The van der Waals surface area contributed by atoms with Gasteiger partial charge in [0.15, 0.2) is 0 Å². The highest BCUT2D eigenvalue weighted by atomic mass is 16.4. The standard InChI is InChI=1S/C6H14N2O2.C6H13NO2.C5H9NO2/c7-4-2-1-3-5(8)6(9)10;1-3-4(2)5(7)6(8)9;7-5(8)4-2-1-3-6-4/h5H,1-4,7-8H2,(H,9,10);4-5H,3,7H2,1-2H3,(H,8,9);4,6H,1-3H2,(H,7,8)/t;;4-/m..0/s1. The molecule has 0 aromatic heterocycles. The fourth-order valence-electron chi connectivity index (χ4n) is 2.02. The maximum Gasteiger partial charge on any atom is 0.320 e. The van der Waals surface area contributed by atoms with Crippen molar-refractivity contribution >= 4 is 17.9 Å². The number of rotatable bonds is 9. The Morgan fingerprint density at radius 1 is 1.11 bits per heavy atom. The second kappa shape index (κ2) is 16.4. The normalized spacial score (nSPS) is 18.8. The minimum absolute atomic E-state index is 0.0718. The van der Waals surface area contributed by atoms with Crippen molar-refractivity contribution in [2.75, 3.05) is 13.1 Å². The lowest BCUT2D eigenvalue weighted by Gasteiger charge is -2.11. The van der Waals surface area contributed by atoms with Crippen molar-refractivity contribution in [1.82, 2.24) is 5.32 Å². The molecule has 1 heterocycles. The van der Waals surface area contributed by atoms with Gasteiger partial charge in [0.05, 0.1) is 0 Å². The Kier molecular flexibility index (Phi) is 16.7. The molecule has 160 valence electrons. The van der Waals surface area contributed by atoms with Crippen LogP contribution in [-0.4, -0.2) is 64.4 Å². The summed E-state index contributed by atoms with van der Waals surface area (Å²) < 4.78 is 0. The van der Waals surface area contributed by atoms with E-state index in [2.05, 4.69) is 5.32 Å². The topological polar surface area (TPSA) is 202 Å². The average molecular weight is 392 g/mol.